The molecule has 32 heavy (non-hydrogen) atoms. The van der Waals surface area contributed by atoms with Crippen LogP contribution in [0.5, 0.6) is 0 Å². The van der Waals surface area contributed by atoms with Crippen molar-refractivity contribution in [3.05, 3.63) is 78.4 Å². The number of aromatic amines is 1. The van der Waals surface area contributed by atoms with E-state index >= 15 is 0 Å². The Bertz CT molecular complexity index is 1370. The molecule has 0 bridgehead atoms. The van der Waals surface area contributed by atoms with Crippen molar-refractivity contribution in [2.24, 2.45) is 0 Å². The van der Waals surface area contributed by atoms with Crippen LogP contribution >= 0.6 is 0 Å². The third-order valence-electron chi connectivity index (χ3n) is 5.67. The number of carbonyl (C=O) groups excluding carboxylic acids is 1. The number of carbonyl (C=O) groups is 1. The summed E-state index contributed by atoms with van der Waals surface area (Å²) in [6.07, 6.45) is 1.78. The number of hydrogen-bond acceptors (Lipinski definition) is 4. The molecule has 7 nitrogen and oxygen atoms in total. The van der Waals surface area contributed by atoms with E-state index < -0.39 is 10.0 Å². The van der Waals surface area contributed by atoms with Gasteiger partial charge in [0.1, 0.15) is 5.82 Å². The molecule has 5 rings (SSSR count). The zero-order valence-electron chi connectivity index (χ0n) is 17.4. The number of anilines is 1. The van der Waals surface area contributed by atoms with Crippen LogP contribution in [0, 0.1) is 0 Å². The van der Waals surface area contributed by atoms with Crippen LogP contribution in [-0.4, -0.2) is 41.7 Å². The maximum absolute atomic E-state index is 12.9. The lowest BCUT2D eigenvalue weighted by Gasteiger charge is -2.16. The summed E-state index contributed by atoms with van der Waals surface area (Å²) in [4.78, 5) is 21.0. The molecule has 0 aliphatic heterocycles. The molecule has 0 spiro atoms. The second kappa shape index (κ2) is 7.89. The Hall–Kier alpha value is -3.49. The highest BCUT2D eigenvalue weighted by Crippen LogP contribution is 2.31. The zero-order valence-corrected chi connectivity index (χ0v) is 18.3. The highest BCUT2D eigenvalue weighted by molar-refractivity contribution is 7.89. The Balaban J connectivity index is 1.39. The van der Waals surface area contributed by atoms with Crippen LogP contribution in [0.2, 0.25) is 0 Å². The van der Waals surface area contributed by atoms with E-state index in [4.69, 9.17) is 0 Å². The second-order valence-corrected chi connectivity index (χ2v) is 9.88. The fourth-order valence-electron chi connectivity index (χ4n) is 3.65. The Morgan fingerprint density at radius 3 is 2.41 bits per heavy atom. The normalized spacial score (nSPS) is 14.1. The molecule has 1 heterocycles. The zero-order chi connectivity index (χ0) is 22.3. The Labute approximate surface area is 186 Å². The molecular formula is C24H22N4O3S. The van der Waals surface area contributed by atoms with Gasteiger partial charge >= 0.3 is 0 Å². The summed E-state index contributed by atoms with van der Waals surface area (Å²) in [5.74, 6) is 0.333. The van der Waals surface area contributed by atoms with Crippen molar-refractivity contribution >= 4 is 32.7 Å². The van der Waals surface area contributed by atoms with Crippen LogP contribution in [0.1, 0.15) is 23.2 Å². The molecule has 1 fully saturated rings. The molecule has 2 N–H and O–H groups in total. The van der Waals surface area contributed by atoms with Gasteiger partial charge in [0.15, 0.2) is 0 Å². The van der Waals surface area contributed by atoms with E-state index in [1.807, 2.05) is 48.5 Å². The van der Waals surface area contributed by atoms with Crippen molar-refractivity contribution in [3.63, 3.8) is 0 Å². The summed E-state index contributed by atoms with van der Waals surface area (Å²) in [5.41, 5.74) is 3.51. The highest BCUT2D eigenvalue weighted by atomic mass is 32.2. The standard InChI is InChI=1S/C24H22N4O3S/c1-28(17-12-13-17)32(30,31)18-14-10-16(11-15-18)24(29)27-20-7-3-2-6-19(20)23-25-21-8-4-5-9-22(21)26-23/h2-11,14-15,17H,12-13H2,1H3,(H,25,26)(H,27,29). The highest BCUT2D eigenvalue weighted by Gasteiger charge is 2.35. The molecule has 162 valence electrons. The van der Waals surface area contributed by atoms with Crippen LogP contribution < -0.4 is 5.32 Å². The number of benzene rings is 3. The Morgan fingerprint density at radius 2 is 1.69 bits per heavy atom. The van der Waals surface area contributed by atoms with Gasteiger partial charge in [0.05, 0.1) is 21.6 Å². The number of fused-ring (bicyclic) bond motifs is 1. The number of aromatic nitrogens is 2. The Kier molecular flexibility index (Phi) is 5.03. The van der Waals surface area contributed by atoms with Crippen LogP contribution in [0.15, 0.2) is 77.7 Å². The number of nitrogens with zero attached hydrogens (tertiary/aromatic N) is 2. The monoisotopic (exact) mass is 446 g/mol. The number of nitrogens with one attached hydrogen (secondary N) is 2. The first-order valence-electron chi connectivity index (χ1n) is 10.4. The predicted octanol–water partition coefficient (Wildman–Crippen LogP) is 4.27. The van der Waals surface area contributed by atoms with E-state index in [0.717, 1.165) is 29.4 Å². The molecule has 4 aromatic rings. The molecule has 8 heteroatoms. The van der Waals surface area contributed by atoms with Crippen LogP contribution in [0.25, 0.3) is 22.4 Å². The van der Waals surface area contributed by atoms with Crippen molar-refractivity contribution in [2.45, 2.75) is 23.8 Å². The third kappa shape index (κ3) is 3.79. The lowest BCUT2D eigenvalue weighted by atomic mass is 10.1. The molecule has 3 aromatic carbocycles. The maximum Gasteiger partial charge on any atom is 0.255 e. The summed E-state index contributed by atoms with van der Waals surface area (Å²) in [6, 6.07) is 21.3. The second-order valence-electron chi connectivity index (χ2n) is 7.88. The molecule has 1 saturated carbocycles. The van der Waals surface area contributed by atoms with Gasteiger partial charge in [-0.15, -0.1) is 0 Å². The number of hydrogen-bond donors (Lipinski definition) is 2. The van der Waals surface area contributed by atoms with Gasteiger partial charge in [0, 0.05) is 24.2 Å². The first kappa shape index (κ1) is 20.4. The summed E-state index contributed by atoms with van der Waals surface area (Å²) in [5, 5.41) is 2.92. The van der Waals surface area contributed by atoms with Gasteiger partial charge in [-0.05, 0) is 61.4 Å². The van der Waals surface area contributed by atoms with E-state index in [9.17, 15) is 13.2 Å². The molecule has 0 unspecified atom stereocenters. The number of H-pyrrole nitrogens is 1. The molecule has 1 aliphatic carbocycles. The minimum Gasteiger partial charge on any atom is -0.338 e. The summed E-state index contributed by atoms with van der Waals surface area (Å²) < 4.78 is 26.8. The molecule has 1 amide bonds. The van der Waals surface area contributed by atoms with Gasteiger partial charge in [-0.2, -0.15) is 4.31 Å². The van der Waals surface area contributed by atoms with Gasteiger partial charge in [-0.25, -0.2) is 13.4 Å². The lowest BCUT2D eigenvalue weighted by Crippen LogP contribution is -2.29. The van der Waals surface area contributed by atoms with E-state index in [1.165, 1.54) is 28.6 Å². The van der Waals surface area contributed by atoms with Crippen molar-refractivity contribution in [2.75, 3.05) is 12.4 Å². The van der Waals surface area contributed by atoms with Crippen molar-refractivity contribution in [1.29, 1.82) is 0 Å². The molecule has 0 atom stereocenters. The SMILES string of the molecule is CN(C1CC1)S(=O)(=O)c1ccc(C(=O)Nc2ccccc2-c2nc3ccccc3[nH]2)cc1. The average Bonchev–Trinajstić information content (AvgIpc) is 3.57. The predicted molar refractivity (Wildman–Crippen MR) is 124 cm³/mol. The van der Waals surface area contributed by atoms with Crippen molar-refractivity contribution in [1.82, 2.24) is 14.3 Å². The summed E-state index contributed by atoms with van der Waals surface area (Å²) in [6.45, 7) is 0. The van der Waals surface area contributed by atoms with Gasteiger partial charge in [-0.1, -0.05) is 24.3 Å². The first-order chi connectivity index (χ1) is 15.4. The molecule has 1 aromatic heterocycles. The molecule has 0 saturated heterocycles. The van der Waals surface area contributed by atoms with Crippen LogP contribution in [0.3, 0.4) is 0 Å². The topological polar surface area (TPSA) is 95.2 Å². The maximum atomic E-state index is 12.9. The van der Waals surface area contributed by atoms with Crippen LogP contribution in [-0.2, 0) is 10.0 Å². The average molecular weight is 447 g/mol. The number of amides is 1. The minimum atomic E-state index is -3.54. The van der Waals surface area contributed by atoms with E-state index in [1.54, 1.807) is 7.05 Å². The number of sulfonamides is 1. The van der Waals surface area contributed by atoms with Gasteiger partial charge in [0.2, 0.25) is 10.0 Å². The minimum absolute atomic E-state index is 0.0812. The van der Waals surface area contributed by atoms with E-state index in [2.05, 4.69) is 15.3 Å². The smallest absolute Gasteiger partial charge is 0.255 e. The van der Waals surface area contributed by atoms with Crippen LogP contribution in [0.4, 0.5) is 5.69 Å². The third-order valence-corrected chi connectivity index (χ3v) is 7.60. The van der Waals surface area contributed by atoms with Gasteiger partial charge < -0.3 is 10.3 Å². The number of imidazole rings is 1. The lowest BCUT2D eigenvalue weighted by molar-refractivity contribution is 0.102. The summed E-state index contributed by atoms with van der Waals surface area (Å²) >= 11 is 0. The fraction of sp³-hybridized carbons (Fsp3) is 0.167. The largest absolute Gasteiger partial charge is 0.338 e. The summed E-state index contributed by atoms with van der Waals surface area (Å²) in [7, 11) is -1.94. The Morgan fingerprint density at radius 1 is 1.00 bits per heavy atom. The molecular weight excluding hydrogens is 424 g/mol. The quantitative estimate of drug-likeness (QED) is 0.463. The number of para-hydroxylation sites is 3. The first-order valence-corrected chi connectivity index (χ1v) is 11.8. The molecule has 1 aliphatic rings. The van der Waals surface area contributed by atoms with Gasteiger partial charge in [0.25, 0.3) is 5.91 Å². The van der Waals surface area contributed by atoms with Crippen molar-refractivity contribution < 1.29 is 13.2 Å². The van der Waals surface area contributed by atoms with E-state index in [0.29, 0.717) is 17.1 Å². The van der Waals surface area contributed by atoms with Crippen molar-refractivity contribution in [3.8, 4) is 11.4 Å². The molecule has 0 radical (unpaired) electrons. The fourth-order valence-corrected chi connectivity index (χ4v) is 5.07. The van der Waals surface area contributed by atoms with E-state index in [-0.39, 0.29) is 16.8 Å². The van der Waals surface area contributed by atoms with Gasteiger partial charge in [-0.3, -0.25) is 4.79 Å². The number of rotatable bonds is 6.